The summed E-state index contributed by atoms with van der Waals surface area (Å²) in [6.07, 6.45) is 3.00. The molecule has 114 valence electrons. The number of aromatic nitrogens is 1. The van der Waals surface area contributed by atoms with E-state index >= 15 is 0 Å². The van der Waals surface area contributed by atoms with Crippen LogP contribution in [-0.4, -0.2) is 22.6 Å². The van der Waals surface area contributed by atoms with Crippen molar-refractivity contribution in [3.63, 3.8) is 0 Å². The lowest BCUT2D eigenvalue weighted by Gasteiger charge is -1.99. The number of carbonyl (C=O) groups is 1. The van der Waals surface area contributed by atoms with Gasteiger partial charge in [0.25, 0.3) is 5.69 Å². The molecule has 1 N–H and O–H groups in total. The van der Waals surface area contributed by atoms with Crippen molar-refractivity contribution >= 4 is 40.4 Å². The van der Waals surface area contributed by atoms with Crippen molar-refractivity contribution < 1.29 is 14.5 Å². The first kappa shape index (κ1) is 15.6. The average molecular weight is 319 g/mol. The summed E-state index contributed by atoms with van der Waals surface area (Å²) in [5, 5.41) is 15.3. The van der Waals surface area contributed by atoms with E-state index in [0.29, 0.717) is 17.4 Å². The second-order valence-corrected chi connectivity index (χ2v) is 4.96. The Morgan fingerprint density at radius 2 is 2.14 bits per heavy atom. The van der Waals surface area contributed by atoms with Crippen molar-refractivity contribution in [1.82, 2.24) is 4.98 Å². The van der Waals surface area contributed by atoms with Gasteiger partial charge in [-0.3, -0.25) is 15.4 Å². The predicted octanol–water partition coefficient (Wildman–Crippen LogP) is 3.79. The summed E-state index contributed by atoms with van der Waals surface area (Å²) in [7, 11) is 0. The number of thiazole rings is 1. The summed E-state index contributed by atoms with van der Waals surface area (Å²) in [6, 6.07) is 6.18. The number of nitrogens with one attached hydrogen (secondary N) is 1. The van der Waals surface area contributed by atoms with Crippen LogP contribution in [0.4, 0.5) is 15.6 Å². The summed E-state index contributed by atoms with van der Waals surface area (Å²) in [5.74, 6) is 0. The Morgan fingerprint density at radius 1 is 1.41 bits per heavy atom. The molecule has 0 aliphatic carbocycles. The van der Waals surface area contributed by atoms with E-state index in [1.54, 1.807) is 36.6 Å². The fraction of sp³-hybridized carbons (Fsp3) is 0.143. The van der Waals surface area contributed by atoms with Crippen molar-refractivity contribution in [2.24, 2.45) is 0 Å². The maximum Gasteiger partial charge on any atom is 0.413 e. The van der Waals surface area contributed by atoms with E-state index in [0.717, 1.165) is 5.56 Å². The molecule has 1 amide bonds. The van der Waals surface area contributed by atoms with Gasteiger partial charge in [0.15, 0.2) is 5.13 Å². The van der Waals surface area contributed by atoms with Crippen LogP contribution in [0, 0.1) is 10.1 Å². The molecule has 0 radical (unpaired) electrons. The molecule has 1 heterocycles. The van der Waals surface area contributed by atoms with Crippen LogP contribution in [-0.2, 0) is 4.74 Å². The van der Waals surface area contributed by atoms with Crippen LogP contribution < -0.4 is 5.32 Å². The number of hydrogen-bond acceptors (Lipinski definition) is 6. The molecule has 0 unspecified atom stereocenters. The number of non-ortho nitro benzene ring substituents is 1. The maximum atomic E-state index is 11.2. The summed E-state index contributed by atoms with van der Waals surface area (Å²) in [5.41, 5.74) is 1.54. The monoisotopic (exact) mass is 319 g/mol. The lowest BCUT2D eigenvalue weighted by atomic mass is 10.2. The van der Waals surface area contributed by atoms with E-state index in [-0.39, 0.29) is 5.69 Å². The number of rotatable bonds is 5. The average Bonchev–Trinajstić information content (AvgIpc) is 2.93. The molecule has 0 bridgehead atoms. The van der Waals surface area contributed by atoms with Crippen LogP contribution >= 0.6 is 11.3 Å². The topological polar surface area (TPSA) is 94.4 Å². The van der Waals surface area contributed by atoms with E-state index in [9.17, 15) is 14.9 Å². The number of benzene rings is 1. The lowest BCUT2D eigenvalue weighted by molar-refractivity contribution is -0.384. The number of carbonyl (C=O) groups excluding carboxylic acids is 1. The lowest BCUT2D eigenvalue weighted by Crippen LogP contribution is -2.12. The van der Waals surface area contributed by atoms with E-state index in [2.05, 4.69) is 10.3 Å². The fourth-order valence-corrected chi connectivity index (χ4v) is 2.23. The third-order valence-electron chi connectivity index (χ3n) is 2.56. The first-order valence-corrected chi connectivity index (χ1v) is 7.28. The van der Waals surface area contributed by atoms with Crippen LogP contribution in [0.15, 0.2) is 29.6 Å². The van der Waals surface area contributed by atoms with Gasteiger partial charge in [-0.05, 0) is 30.7 Å². The van der Waals surface area contributed by atoms with Gasteiger partial charge < -0.3 is 4.74 Å². The minimum Gasteiger partial charge on any atom is -0.450 e. The Kier molecular flexibility index (Phi) is 5.21. The van der Waals surface area contributed by atoms with Crippen LogP contribution in [0.1, 0.15) is 18.2 Å². The number of nitrogens with zero attached hydrogens (tertiary/aromatic N) is 2. The molecule has 0 fully saturated rings. The zero-order chi connectivity index (χ0) is 15.9. The van der Waals surface area contributed by atoms with E-state index in [1.807, 2.05) is 0 Å². The Bertz CT molecular complexity index is 694. The zero-order valence-corrected chi connectivity index (χ0v) is 12.5. The molecule has 8 heteroatoms. The van der Waals surface area contributed by atoms with Crippen molar-refractivity contribution in [3.05, 3.63) is 51.0 Å². The Balaban J connectivity index is 2.00. The summed E-state index contributed by atoms with van der Waals surface area (Å²) >= 11 is 1.28. The molecule has 2 aromatic rings. The Hall–Kier alpha value is -2.74. The van der Waals surface area contributed by atoms with E-state index in [4.69, 9.17) is 4.74 Å². The number of anilines is 1. The van der Waals surface area contributed by atoms with Crippen LogP contribution in [0.2, 0.25) is 0 Å². The molecule has 0 saturated carbocycles. The van der Waals surface area contributed by atoms with E-state index in [1.165, 1.54) is 23.5 Å². The largest absolute Gasteiger partial charge is 0.450 e. The fourth-order valence-electron chi connectivity index (χ4n) is 1.56. The van der Waals surface area contributed by atoms with Gasteiger partial charge in [0.2, 0.25) is 0 Å². The zero-order valence-electron chi connectivity index (χ0n) is 11.7. The number of hydrogen-bond donors (Lipinski definition) is 1. The van der Waals surface area contributed by atoms with Crippen molar-refractivity contribution in [2.75, 3.05) is 11.9 Å². The van der Waals surface area contributed by atoms with Gasteiger partial charge in [-0.15, -0.1) is 11.3 Å². The molecule has 1 aromatic carbocycles. The Morgan fingerprint density at radius 3 is 2.77 bits per heavy atom. The third kappa shape index (κ3) is 4.38. The molecule has 0 aliphatic heterocycles. The summed E-state index contributed by atoms with van der Waals surface area (Å²) < 4.78 is 4.76. The van der Waals surface area contributed by atoms with Crippen LogP contribution in [0.5, 0.6) is 0 Å². The molecule has 1 aromatic heterocycles. The SMILES string of the molecule is CCOC(=O)Nc1nc(C=Cc2ccc([N+](=O)[O-])cc2)cs1. The van der Waals surface area contributed by atoms with E-state index < -0.39 is 11.0 Å². The second kappa shape index (κ2) is 7.32. The first-order valence-electron chi connectivity index (χ1n) is 6.40. The normalized spacial score (nSPS) is 10.6. The Labute approximate surface area is 130 Å². The van der Waals surface area contributed by atoms with Gasteiger partial charge in [0.05, 0.1) is 17.2 Å². The number of amides is 1. The van der Waals surface area contributed by atoms with Crippen LogP contribution in [0.3, 0.4) is 0 Å². The number of ether oxygens (including phenoxy) is 1. The van der Waals surface area contributed by atoms with Gasteiger partial charge >= 0.3 is 6.09 Å². The molecule has 0 spiro atoms. The quantitative estimate of drug-likeness (QED) is 0.668. The van der Waals surface area contributed by atoms with Gasteiger partial charge in [0.1, 0.15) is 0 Å². The third-order valence-corrected chi connectivity index (χ3v) is 3.33. The van der Waals surface area contributed by atoms with Crippen molar-refractivity contribution in [3.8, 4) is 0 Å². The second-order valence-electron chi connectivity index (χ2n) is 4.10. The number of nitro benzene ring substituents is 1. The minimum atomic E-state index is -0.539. The highest BCUT2D eigenvalue weighted by Crippen LogP contribution is 2.18. The molecule has 0 aliphatic rings. The predicted molar refractivity (Wildman–Crippen MR) is 84.8 cm³/mol. The van der Waals surface area contributed by atoms with Gasteiger partial charge in [-0.2, -0.15) is 0 Å². The molecule has 7 nitrogen and oxygen atoms in total. The van der Waals surface area contributed by atoms with Crippen LogP contribution in [0.25, 0.3) is 12.2 Å². The van der Waals surface area contributed by atoms with Gasteiger partial charge in [0, 0.05) is 17.5 Å². The molecule has 2 rings (SSSR count). The summed E-state index contributed by atoms with van der Waals surface area (Å²) in [6.45, 7) is 2.02. The summed E-state index contributed by atoms with van der Waals surface area (Å²) in [4.78, 5) is 25.6. The highest BCUT2D eigenvalue weighted by molar-refractivity contribution is 7.14. The van der Waals surface area contributed by atoms with Gasteiger partial charge in [-0.25, -0.2) is 9.78 Å². The smallest absolute Gasteiger partial charge is 0.413 e. The molecule has 0 saturated heterocycles. The minimum absolute atomic E-state index is 0.0479. The maximum absolute atomic E-state index is 11.2. The van der Waals surface area contributed by atoms with Crippen molar-refractivity contribution in [1.29, 1.82) is 0 Å². The molecular weight excluding hydrogens is 306 g/mol. The highest BCUT2D eigenvalue weighted by atomic mass is 32.1. The standard InChI is InChI=1S/C14H13N3O4S/c1-2-21-14(18)16-13-15-11(9-22-13)6-3-10-4-7-12(8-5-10)17(19)20/h3-9H,2H2,1H3,(H,15,16,18). The van der Waals surface area contributed by atoms with Gasteiger partial charge in [-0.1, -0.05) is 6.08 Å². The molecular formula is C14H13N3O4S. The first-order chi connectivity index (χ1) is 10.6. The number of nitro groups is 1. The molecule has 22 heavy (non-hydrogen) atoms. The molecule has 0 atom stereocenters. The van der Waals surface area contributed by atoms with Crippen molar-refractivity contribution in [2.45, 2.75) is 6.92 Å². The highest BCUT2D eigenvalue weighted by Gasteiger charge is 2.05.